The molecule has 2 atom stereocenters. The van der Waals surface area contributed by atoms with Crippen LogP contribution in [-0.2, 0) is 17.9 Å². The number of carbonyl (C=O) groups excluding carboxylic acids is 1. The lowest BCUT2D eigenvalue weighted by Crippen LogP contribution is -2.31. The van der Waals surface area contributed by atoms with Gasteiger partial charge in [0, 0.05) is 11.8 Å². The smallest absolute Gasteiger partial charge is 0.227 e. The fraction of sp³-hybridized carbons (Fsp3) is 0.278. The maximum Gasteiger partial charge on any atom is 0.227 e. The molecule has 0 aromatic carbocycles. The second-order valence-corrected chi connectivity index (χ2v) is 5.82. The molecule has 0 N–H and O–H groups in total. The summed E-state index contributed by atoms with van der Waals surface area (Å²) < 4.78 is 16.2. The van der Waals surface area contributed by atoms with Crippen LogP contribution in [0.1, 0.15) is 29.6 Å². The van der Waals surface area contributed by atoms with Gasteiger partial charge < -0.3 is 18.2 Å². The van der Waals surface area contributed by atoms with E-state index < -0.39 is 0 Å². The zero-order valence-corrected chi connectivity index (χ0v) is 12.6. The van der Waals surface area contributed by atoms with Crippen molar-refractivity contribution in [3.05, 3.63) is 72.5 Å². The minimum Gasteiger partial charge on any atom is -0.469 e. The molecule has 2 unspecified atom stereocenters. The highest BCUT2D eigenvalue weighted by atomic mass is 16.3. The van der Waals surface area contributed by atoms with Gasteiger partial charge in [-0.25, -0.2) is 0 Å². The summed E-state index contributed by atoms with van der Waals surface area (Å²) in [7, 11) is 0. The van der Waals surface area contributed by atoms with Gasteiger partial charge in [0.05, 0.1) is 31.9 Å². The highest BCUT2D eigenvalue weighted by molar-refractivity contribution is 5.82. The van der Waals surface area contributed by atoms with Gasteiger partial charge in [-0.3, -0.25) is 4.79 Å². The molecule has 1 amide bonds. The van der Waals surface area contributed by atoms with Crippen LogP contribution in [-0.4, -0.2) is 10.8 Å². The Morgan fingerprint density at radius 1 is 0.957 bits per heavy atom. The van der Waals surface area contributed by atoms with Gasteiger partial charge in [-0.1, -0.05) is 0 Å². The third-order valence-corrected chi connectivity index (χ3v) is 4.18. The molecule has 0 saturated heterocycles. The molecule has 4 rings (SSSR count). The summed E-state index contributed by atoms with van der Waals surface area (Å²) in [5.41, 5.74) is 0. The molecule has 1 aliphatic rings. The Bertz CT molecular complexity index is 707. The predicted octanol–water partition coefficient (Wildman–Crippen LogP) is 3.80. The second kappa shape index (κ2) is 5.83. The molecule has 5 heteroatoms. The summed E-state index contributed by atoms with van der Waals surface area (Å²) in [5.74, 6) is 2.69. The zero-order valence-electron chi connectivity index (χ0n) is 12.6. The van der Waals surface area contributed by atoms with Gasteiger partial charge in [0.25, 0.3) is 0 Å². The molecule has 118 valence electrons. The Morgan fingerprint density at radius 2 is 1.57 bits per heavy atom. The number of amides is 1. The van der Waals surface area contributed by atoms with Crippen LogP contribution in [0.3, 0.4) is 0 Å². The van der Waals surface area contributed by atoms with Crippen molar-refractivity contribution in [3.63, 3.8) is 0 Å². The van der Waals surface area contributed by atoms with Gasteiger partial charge in [-0.2, -0.15) is 0 Å². The summed E-state index contributed by atoms with van der Waals surface area (Å²) in [6.07, 6.45) is 5.72. The average molecular weight is 311 g/mol. The van der Waals surface area contributed by atoms with Gasteiger partial charge in [0.15, 0.2) is 0 Å². The van der Waals surface area contributed by atoms with E-state index in [1.807, 2.05) is 36.4 Å². The highest BCUT2D eigenvalue weighted by Gasteiger charge is 2.47. The van der Waals surface area contributed by atoms with Crippen molar-refractivity contribution in [2.24, 2.45) is 5.92 Å². The minimum absolute atomic E-state index is 0.0222. The summed E-state index contributed by atoms with van der Waals surface area (Å²) in [6, 6.07) is 11.2. The monoisotopic (exact) mass is 311 g/mol. The molecule has 3 heterocycles. The molecule has 1 aliphatic carbocycles. The molecule has 0 radical (unpaired) electrons. The average Bonchev–Trinajstić information content (AvgIpc) is 3.07. The topological polar surface area (TPSA) is 59.7 Å². The first-order valence-corrected chi connectivity index (χ1v) is 7.68. The van der Waals surface area contributed by atoms with E-state index in [1.54, 1.807) is 23.7 Å². The number of rotatable bonds is 6. The Morgan fingerprint density at radius 3 is 2.09 bits per heavy atom. The molecule has 5 nitrogen and oxygen atoms in total. The molecular formula is C18H17NO4. The second-order valence-electron chi connectivity index (χ2n) is 5.82. The number of hydrogen-bond acceptors (Lipinski definition) is 4. The van der Waals surface area contributed by atoms with Crippen molar-refractivity contribution >= 4 is 5.91 Å². The molecule has 0 spiro atoms. The standard InChI is InChI=1S/C18H17NO4/c20-18(16-10-15(16)17-6-3-9-23-17)19(11-13-4-1-7-21-13)12-14-5-2-8-22-14/h1-9,15-16H,10-12H2. The lowest BCUT2D eigenvalue weighted by Gasteiger charge is -2.20. The fourth-order valence-corrected chi connectivity index (χ4v) is 2.91. The van der Waals surface area contributed by atoms with E-state index in [4.69, 9.17) is 13.3 Å². The van der Waals surface area contributed by atoms with Crippen LogP contribution >= 0.6 is 0 Å². The van der Waals surface area contributed by atoms with Crippen LogP contribution in [0.4, 0.5) is 0 Å². The third-order valence-electron chi connectivity index (χ3n) is 4.18. The lowest BCUT2D eigenvalue weighted by molar-refractivity contribution is -0.134. The maximum atomic E-state index is 12.9. The van der Waals surface area contributed by atoms with Crippen molar-refractivity contribution in [2.75, 3.05) is 0 Å². The maximum absolute atomic E-state index is 12.9. The van der Waals surface area contributed by atoms with Crippen molar-refractivity contribution in [3.8, 4) is 0 Å². The van der Waals surface area contributed by atoms with Crippen molar-refractivity contribution in [2.45, 2.75) is 25.4 Å². The fourth-order valence-electron chi connectivity index (χ4n) is 2.91. The van der Waals surface area contributed by atoms with E-state index in [9.17, 15) is 4.79 Å². The first-order valence-electron chi connectivity index (χ1n) is 7.68. The Hall–Kier alpha value is -2.69. The molecular weight excluding hydrogens is 294 g/mol. The van der Waals surface area contributed by atoms with Gasteiger partial charge in [-0.05, 0) is 42.8 Å². The minimum atomic E-state index is -0.0222. The predicted molar refractivity (Wildman–Crippen MR) is 81.2 cm³/mol. The number of hydrogen-bond donors (Lipinski definition) is 0. The highest BCUT2D eigenvalue weighted by Crippen LogP contribution is 2.48. The van der Waals surface area contributed by atoms with Crippen LogP contribution in [0.25, 0.3) is 0 Å². The Kier molecular flexibility index (Phi) is 3.54. The normalized spacial score (nSPS) is 19.7. The number of nitrogens with zero attached hydrogens (tertiary/aromatic N) is 1. The van der Waals surface area contributed by atoms with Crippen molar-refractivity contribution < 1.29 is 18.0 Å². The summed E-state index contributed by atoms with van der Waals surface area (Å²) >= 11 is 0. The third kappa shape index (κ3) is 2.95. The van der Waals surface area contributed by atoms with E-state index in [-0.39, 0.29) is 17.7 Å². The van der Waals surface area contributed by atoms with Crippen molar-refractivity contribution in [1.82, 2.24) is 4.90 Å². The lowest BCUT2D eigenvalue weighted by atomic mass is 10.2. The molecule has 23 heavy (non-hydrogen) atoms. The van der Waals surface area contributed by atoms with Crippen LogP contribution in [0, 0.1) is 5.92 Å². The summed E-state index contributed by atoms with van der Waals surface area (Å²) in [4.78, 5) is 14.6. The van der Waals surface area contributed by atoms with Crippen LogP contribution in [0.15, 0.2) is 68.4 Å². The molecule has 1 fully saturated rings. The van der Waals surface area contributed by atoms with E-state index in [0.717, 1.165) is 23.7 Å². The van der Waals surface area contributed by atoms with E-state index in [0.29, 0.717) is 13.1 Å². The molecule has 0 bridgehead atoms. The van der Waals surface area contributed by atoms with Gasteiger partial charge in [0.1, 0.15) is 17.3 Å². The molecule has 0 aliphatic heterocycles. The van der Waals surface area contributed by atoms with Crippen LogP contribution < -0.4 is 0 Å². The van der Waals surface area contributed by atoms with Crippen molar-refractivity contribution in [1.29, 1.82) is 0 Å². The van der Waals surface area contributed by atoms with E-state index in [1.165, 1.54) is 0 Å². The Labute approximate surface area is 133 Å². The molecule has 3 aromatic rings. The molecule has 1 saturated carbocycles. The largest absolute Gasteiger partial charge is 0.469 e. The summed E-state index contributed by atoms with van der Waals surface area (Å²) in [5, 5.41) is 0. The first kappa shape index (κ1) is 13.9. The summed E-state index contributed by atoms with van der Waals surface area (Å²) in [6.45, 7) is 0.877. The number of furan rings is 3. The zero-order chi connectivity index (χ0) is 15.6. The Balaban J connectivity index is 1.49. The molecule has 3 aromatic heterocycles. The van der Waals surface area contributed by atoms with E-state index >= 15 is 0 Å². The van der Waals surface area contributed by atoms with E-state index in [2.05, 4.69) is 0 Å². The van der Waals surface area contributed by atoms with Gasteiger partial charge >= 0.3 is 0 Å². The SMILES string of the molecule is O=C(C1CC1c1ccco1)N(Cc1ccco1)Cc1ccco1. The first-order chi connectivity index (χ1) is 11.3. The van der Waals surface area contributed by atoms with Crippen LogP contribution in [0.2, 0.25) is 0 Å². The van der Waals surface area contributed by atoms with Gasteiger partial charge in [-0.15, -0.1) is 0 Å². The van der Waals surface area contributed by atoms with Crippen LogP contribution in [0.5, 0.6) is 0 Å². The van der Waals surface area contributed by atoms with Gasteiger partial charge in [0.2, 0.25) is 5.91 Å². The number of carbonyl (C=O) groups is 1. The quantitative estimate of drug-likeness (QED) is 0.695.